The number of hydrogen-bond donors (Lipinski definition) is 1. The molecular weight excluding hydrogens is 273 g/mol. The van der Waals surface area contributed by atoms with Gasteiger partial charge in [0.25, 0.3) is 0 Å². The van der Waals surface area contributed by atoms with Crippen LogP contribution in [0.25, 0.3) is 0 Å². The van der Waals surface area contributed by atoms with E-state index in [2.05, 4.69) is 22.2 Å². The lowest BCUT2D eigenvalue weighted by Crippen LogP contribution is -2.06. The normalized spacial score (nSPS) is 10.6. The van der Waals surface area contributed by atoms with Crippen LogP contribution in [-0.2, 0) is 6.42 Å². The van der Waals surface area contributed by atoms with Gasteiger partial charge in [-0.05, 0) is 25.5 Å². The van der Waals surface area contributed by atoms with Crippen LogP contribution in [0.5, 0.6) is 0 Å². The van der Waals surface area contributed by atoms with Crippen LogP contribution in [0.4, 0.5) is 10.2 Å². The van der Waals surface area contributed by atoms with Crippen LogP contribution in [0.2, 0.25) is 0 Å². The Morgan fingerprint density at radius 3 is 2.70 bits per heavy atom. The molecule has 0 spiro atoms. The summed E-state index contributed by atoms with van der Waals surface area (Å²) in [4.78, 5) is 9.19. The summed E-state index contributed by atoms with van der Waals surface area (Å²) < 4.78 is 13.8. The molecule has 2 rings (SSSR count). The van der Waals surface area contributed by atoms with Crippen LogP contribution in [0, 0.1) is 5.82 Å². The lowest BCUT2D eigenvalue weighted by atomic mass is 10.2. The monoisotopic (exact) mass is 291 g/mol. The minimum absolute atomic E-state index is 0.219. The van der Waals surface area contributed by atoms with Gasteiger partial charge in [-0.2, -0.15) is 0 Å². The maximum absolute atomic E-state index is 13.8. The molecule has 106 valence electrons. The third-order valence-electron chi connectivity index (χ3n) is 2.79. The van der Waals surface area contributed by atoms with Gasteiger partial charge in [0, 0.05) is 17.0 Å². The number of halogens is 1. The van der Waals surface area contributed by atoms with Gasteiger partial charge in [0.15, 0.2) is 0 Å². The highest BCUT2D eigenvalue weighted by atomic mass is 32.2. The second-order valence-electron chi connectivity index (χ2n) is 4.32. The second-order valence-corrected chi connectivity index (χ2v) is 5.35. The number of rotatable bonds is 6. The smallest absolute Gasteiger partial charge is 0.137 e. The molecule has 2 aromatic rings. The summed E-state index contributed by atoms with van der Waals surface area (Å²) in [5, 5.41) is 4.07. The quantitative estimate of drug-likeness (QED) is 0.811. The predicted molar refractivity (Wildman–Crippen MR) is 80.7 cm³/mol. The first-order chi connectivity index (χ1) is 9.76. The molecule has 0 radical (unpaired) electrons. The van der Waals surface area contributed by atoms with Crippen LogP contribution in [-0.4, -0.2) is 16.5 Å². The third-order valence-corrected chi connectivity index (χ3v) is 3.89. The zero-order valence-corrected chi connectivity index (χ0v) is 12.5. The van der Waals surface area contributed by atoms with E-state index in [0.717, 1.165) is 35.8 Å². The van der Waals surface area contributed by atoms with E-state index in [-0.39, 0.29) is 5.82 Å². The number of anilines is 1. The number of hydrogen-bond acceptors (Lipinski definition) is 4. The molecule has 20 heavy (non-hydrogen) atoms. The van der Waals surface area contributed by atoms with Crippen molar-refractivity contribution in [2.75, 3.05) is 11.9 Å². The minimum atomic E-state index is -0.219. The van der Waals surface area contributed by atoms with Crippen molar-refractivity contribution in [2.45, 2.75) is 36.6 Å². The van der Waals surface area contributed by atoms with Crippen molar-refractivity contribution in [2.24, 2.45) is 0 Å². The summed E-state index contributed by atoms with van der Waals surface area (Å²) >= 11 is 1.35. The summed E-state index contributed by atoms with van der Waals surface area (Å²) in [5.41, 5.74) is 1.06. The fraction of sp³-hybridized carbons (Fsp3) is 0.333. The molecule has 1 aromatic carbocycles. The van der Waals surface area contributed by atoms with Crippen molar-refractivity contribution in [3.05, 3.63) is 42.0 Å². The molecule has 5 heteroatoms. The number of nitrogens with one attached hydrogen (secondary N) is 1. The van der Waals surface area contributed by atoms with E-state index in [1.807, 2.05) is 13.0 Å². The molecule has 1 N–H and O–H groups in total. The van der Waals surface area contributed by atoms with Gasteiger partial charge >= 0.3 is 0 Å². The van der Waals surface area contributed by atoms with E-state index in [4.69, 9.17) is 0 Å². The molecular formula is C15H18FN3S. The van der Waals surface area contributed by atoms with Gasteiger partial charge in [0.1, 0.15) is 23.0 Å². The standard InChI is InChI=1S/C15H18FN3S/c1-3-7-11-14(17-4-2)18-10-19-15(11)20-13-9-6-5-8-12(13)16/h5-6,8-10H,3-4,7H2,1-2H3,(H,17,18,19). The van der Waals surface area contributed by atoms with Crippen molar-refractivity contribution in [3.8, 4) is 0 Å². The van der Waals surface area contributed by atoms with Gasteiger partial charge in [0.2, 0.25) is 0 Å². The zero-order chi connectivity index (χ0) is 14.4. The largest absolute Gasteiger partial charge is 0.370 e. The first kappa shape index (κ1) is 14.8. The number of benzene rings is 1. The van der Waals surface area contributed by atoms with Crippen LogP contribution >= 0.6 is 11.8 Å². The summed E-state index contributed by atoms with van der Waals surface area (Å²) in [6, 6.07) is 6.76. The van der Waals surface area contributed by atoms with Gasteiger partial charge < -0.3 is 5.32 Å². The Bertz CT molecular complexity index is 575. The highest BCUT2D eigenvalue weighted by Gasteiger charge is 2.13. The number of nitrogens with zero attached hydrogens (tertiary/aromatic N) is 2. The van der Waals surface area contributed by atoms with Gasteiger partial charge in [-0.1, -0.05) is 37.2 Å². The molecule has 0 saturated heterocycles. The first-order valence-electron chi connectivity index (χ1n) is 6.76. The lowest BCUT2D eigenvalue weighted by Gasteiger charge is -2.12. The van der Waals surface area contributed by atoms with E-state index in [0.29, 0.717) is 4.90 Å². The van der Waals surface area contributed by atoms with Crippen molar-refractivity contribution >= 4 is 17.6 Å². The molecule has 0 saturated carbocycles. The highest BCUT2D eigenvalue weighted by molar-refractivity contribution is 7.99. The second kappa shape index (κ2) is 7.24. The molecule has 0 unspecified atom stereocenters. The van der Waals surface area contributed by atoms with E-state index >= 15 is 0 Å². The first-order valence-corrected chi connectivity index (χ1v) is 7.58. The maximum Gasteiger partial charge on any atom is 0.137 e. The summed E-state index contributed by atoms with van der Waals surface area (Å²) in [5.74, 6) is 0.631. The summed E-state index contributed by atoms with van der Waals surface area (Å²) in [6.07, 6.45) is 3.40. The zero-order valence-electron chi connectivity index (χ0n) is 11.7. The topological polar surface area (TPSA) is 37.8 Å². The predicted octanol–water partition coefficient (Wildman–Crippen LogP) is 4.15. The summed E-state index contributed by atoms with van der Waals surface area (Å²) in [7, 11) is 0. The van der Waals surface area contributed by atoms with E-state index in [9.17, 15) is 4.39 Å². The molecule has 1 heterocycles. The Morgan fingerprint density at radius 1 is 1.20 bits per heavy atom. The Hall–Kier alpha value is -1.62. The molecule has 0 aliphatic carbocycles. The van der Waals surface area contributed by atoms with Gasteiger partial charge in [-0.15, -0.1) is 0 Å². The van der Waals surface area contributed by atoms with E-state index in [1.54, 1.807) is 12.1 Å². The fourth-order valence-corrected chi connectivity index (χ4v) is 2.85. The van der Waals surface area contributed by atoms with Crippen molar-refractivity contribution < 1.29 is 4.39 Å². The van der Waals surface area contributed by atoms with Crippen molar-refractivity contribution in [1.82, 2.24) is 9.97 Å². The van der Waals surface area contributed by atoms with Crippen LogP contribution < -0.4 is 5.32 Å². The van der Waals surface area contributed by atoms with Crippen LogP contribution in [0.1, 0.15) is 25.8 Å². The molecule has 0 bridgehead atoms. The third kappa shape index (κ3) is 3.48. The average Bonchev–Trinajstić information content (AvgIpc) is 2.45. The Kier molecular flexibility index (Phi) is 5.35. The summed E-state index contributed by atoms with van der Waals surface area (Å²) in [6.45, 7) is 4.94. The Morgan fingerprint density at radius 2 is 2.00 bits per heavy atom. The highest BCUT2D eigenvalue weighted by Crippen LogP contribution is 2.33. The van der Waals surface area contributed by atoms with Crippen molar-refractivity contribution in [3.63, 3.8) is 0 Å². The van der Waals surface area contributed by atoms with Crippen LogP contribution in [0.3, 0.4) is 0 Å². The van der Waals surface area contributed by atoms with Crippen LogP contribution in [0.15, 0.2) is 40.5 Å². The SMILES string of the molecule is CCCc1c(NCC)ncnc1Sc1ccccc1F. The molecule has 0 fully saturated rings. The van der Waals surface area contributed by atoms with Crippen molar-refractivity contribution in [1.29, 1.82) is 0 Å². The molecule has 1 aromatic heterocycles. The van der Waals surface area contributed by atoms with E-state index in [1.165, 1.54) is 24.2 Å². The van der Waals surface area contributed by atoms with Gasteiger partial charge in [-0.25, -0.2) is 14.4 Å². The average molecular weight is 291 g/mol. The number of aromatic nitrogens is 2. The fourth-order valence-electron chi connectivity index (χ4n) is 1.91. The molecule has 0 aliphatic rings. The Balaban J connectivity index is 2.35. The Labute approximate surface area is 123 Å². The molecule has 0 aliphatic heterocycles. The molecule has 0 amide bonds. The van der Waals surface area contributed by atoms with Gasteiger partial charge in [0.05, 0.1) is 0 Å². The molecule has 0 atom stereocenters. The minimum Gasteiger partial charge on any atom is -0.370 e. The van der Waals surface area contributed by atoms with E-state index < -0.39 is 0 Å². The van der Waals surface area contributed by atoms with Gasteiger partial charge in [-0.3, -0.25) is 0 Å². The molecule has 3 nitrogen and oxygen atoms in total. The maximum atomic E-state index is 13.8. The lowest BCUT2D eigenvalue weighted by molar-refractivity contribution is 0.602.